The van der Waals surface area contributed by atoms with Crippen LogP contribution in [0.25, 0.3) is 0 Å². The van der Waals surface area contributed by atoms with Gasteiger partial charge in [0.25, 0.3) is 0 Å². The normalized spacial score (nSPS) is 14.8. The standard InChI is InChI=1S/C13H16F3N7O2S/c1-26(18,24)20-6-5-19-12-10(22-25-23-12)11(17)21-9-4-2-3-8(7-9)13(14,15)16/h2-4,7H,5-6H2,1H3,(H2,17,21)(H,19,23)(H2,18,20,24). The number of amidine groups is 1. The number of benzene rings is 1. The molecule has 5 N–H and O–H groups in total. The summed E-state index contributed by atoms with van der Waals surface area (Å²) in [5, 5.41) is 9.94. The van der Waals surface area contributed by atoms with Crippen molar-refractivity contribution in [2.45, 2.75) is 6.18 Å². The largest absolute Gasteiger partial charge is 0.416 e. The zero-order valence-corrected chi connectivity index (χ0v) is 14.3. The molecule has 0 saturated carbocycles. The summed E-state index contributed by atoms with van der Waals surface area (Å²) in [6.07, 6.45) is -3.26. The van der Waals surface area contributed by atoms with Crippen LogP contribution in [0.4, 0.5) is 24.7 Å². The number of rotatable bonds is 7. The number of hydrogen-bond acceptors (Lipinski definition) is 7. The Labute approximate surface area is 146 Å². The monoisotopic (exact) mass is 391 g/mol. The molecule has 1 atom stereocenters. The van der Waals surface area contributed by atoms with E-state index in [-0.39, 0.29) is 36.1 Å². The number of hydrogen-bond donors (Lipinski definition) is 4. The molecular weight excluding hydrogens is 375 g/mol. The number of nitrogens with one attached hydrogen (secondary N) is 3. The Kier molecular flexibility index (Phi) is 5.82. The SMILES string of the molecule is CS(=N)(=O)NCCNc1nonc1C(N)=Nc1cccc(C(F)(F)F)c1. The molecule has 2 rings (SSSR count). The van der Waals surface area contributed by atoms with Crippen LogP contribution in [-0.4, -0.2) is 39.7 Å². The van der Waals surface area contributed by atoms with Crippen LogP contribution in [0.3, 0.4) is 0 Å². The van der Waals surface area contributed by atoms with Gasteiger partial charge in [-0.05, 0) is 28.5 Å². The number of alkyl halides is 3. The van der Waals surface area contributed by atoms with Crippen molar-refractivity contribution in [2.24, 2.45) is 10.7 Å². The lowest BCUT2D eigenvalue weighted by Gasteiger charge is -2.07. The van der Waals surface area contributed by atoms with Crippen LogP contribution in [0.5, 0.6) is 0 Å². The molecule has 0 aliphatic carbocycles. The first-order valence-corrected chi connectivity index (χ1v) is 9.09. The minimum absolute atomic E-state index is 0.00660. The summed E-state index contributed by atoms with van der Waals surface area (Å²) in [5.74, 6) is -0.0755. The summed E-state index contributed by atoms with van der Waals surface area (Å²) in [6, 6.07) is 4.34. The highest BCUT2D eigenvalue weighted by Crippen LogP contribution is 2.31. The summed E-state index contributed by atoms with van der Waals surface area (Å²) >= 11 is 0. The van der Waals surface area contributed by atoms with Gasteiger partial charge in [-0.15, -0.1) is 0 Å². The van der Waals surface area contributed by atoms with Crippen LogP contribution in [0.15, 0.2) is 33.9 Å². The van der Waals surface area contributed by atoms with Gasteiger partial charge in [-0.1, -0.05) is 6.07 Å². The zero-order chi connectivity index (χ0) is 19.4. The lowest BCUT2D eigenvalue weighted by molar-refractivity contribution is -0.137. The van der Waals surface area contributed by atoms with Gasteiger partial charge in [0.15, 0.2) is 11.5 Å². The Balaban J connectivity index is 2.12. The molecule has 0 radical (unpaired) electrons. The molecule has 0 aliphatic rings. The Morgan fingerprint density at radius 1 is 1.38 bits per heavy atom. The molecule has 0 saturated heterocycles. The molecule has 13 heteroatoms. The van der Waals surface area contributed by atoms with E-state index in [2.05, 4.69) is 30.0 Å². The van der Waals surface area contributed by atoms with E-state index in [0.29, 0.717) is 0 Å². The molecule has 1 unspecified atom stereocenters. The number of halogens is 3. The molecule has 9 nitrogen and oxygen atoms in total. The van der Waals surface area contributed by atoms with E-state index >= 15 is 0 Å². The maximum Gasteiger partial charge on any atom is 0.416 e. The van der Waals surface area contributed by atoms with Gasteiger partial charge < -0.3 is 11.1 Å². The molecule has 0 aliphatic heterocycles. The van der Waals surface area contributed by atoms with Crippen molar-refractivity contribution in [1.29, 1.82) is 4.78 Å². The van der Waals surface area contributed by atoms with Crippen LogP contribution in [-0.2, 0) is 16.1 Å². The smallest absolute Gasteiger partial charge is 0.382 e. The molecule has 1 aromatic heterocycles. The predicted octanol–water partition coefficient (Wildman–Crippen LogP) is 1.72. The second kappa shape index (κ2) is 7.70. The van der Waals surface area contributed by atoms with Gasteiger partial charge in [0.2, 0.25) is 5.82 Å². The van der Waals surface area contributed by atoms with Crippen molar-refractivity contribution in [2.75, 3.05) is 24.7 Å². The Morgan fingerprint density at radius 3 is 2.77 bits per heavy atom. The molecule has 1 heterocycles. The third-order valence-electron chi connectivity index (χ3n) is 2.95. The van der Waals surface area contributed by atoms with E-state index in [0.717, 1.165) is 12.1 Å². The van der Waals surface area contributed by atoms with E-state index in [1.165, 1.54) is 18.4 Å². The van der Waals surface area contributed by atoms with Gasteiger partial charge in [-0.3, -0.25) is 0 Å². The number of aromatic nitrogens is 2. The Bertz CT molecular complexity index is 893. The second-order valence-corrected chi connectivity index (χ2v) is 7.15. The topological polar surface area (TPSA) is 142 Å². The maximum atomic E-state index is 12.7. The fraction of sp³-hybridized carbons (Fsp3) is 0.308. The van der Waals surface area contributed by atoms with Gasteiger partial charge in [0.1, 0.15) is 9.92 Å². The van der Waals surface area contributed by atoms with E-state index in [1.807, 2.05) is 0 Å². The molecule has 0 spiro atoms. The molecule has 142 valence electrons. The highest BCUT2D eigenvalue weighted by atomic mass is 32.2. The molecule has 0 fully saturated rings. The maximum absolute atomic E-state index is 12.7. The lowest BCUT2D eigenvalue weighted by atomic mass is 10.2. The number of nitrogens with zero attached hydrogens (tertiary/aromatic N) is 3. The van der Waals surface area contributed by atoms with Crippen LogP contribution < -0.4 is 15.8 Å². The van der Waals surface area contributed by atoms with Crippen molar-refractivity contribution >= 4 is 27.3 Å². The number of anilines is 1. The predicted molar refractivity (Wildman–Crippen MR) is 89.4 cm³/mol. The number of nitrogens with two attached hydrogens (primary N) is 1. The van der Waals surface area contributed by atoms with E-state index in [1.54, 1.807) is 0 Å². The number of aliphatic imine (C=N–C) groups is 1. The zero-order valence-electron chi connectivity index (χ0n) is 13.5. The van der Waals surface area contributed by atoms with Gasteiger partial charge in [0.05, 0.1) is 11.3 Å². The average molecular weight is 391 g/mol. The lowest BCUT2D eigenvalue weighted by Crippen LogP contribution is -2.27. The summed E-state index contributed by atoms with van der Waals surface area (Å²) in [6.45, 7) is 0.414. The van der Waals surface area contributed by atoms with Crippen LogP contribution >= 0.6 is 0 Å². The molecule has 0 amide bonds. The molecule has 26 heavy (non-hydrogen) atoms. The van der Waals surface area contributed by atoms with Crippen molar-refractivity contribution in [1.82, 2.24) is 15.0 Å². The molecule has 1 aromatic carbocycles. The second-order valence-electron chi connectivity index (χ2n) is 5.17. The van der Waals surface area contributed by atoms with Crippen molar-refractivity contribution in [3.8, 4) is 0 Å². The average Bonchev–Trinajstić information content (AvgIpc) is 2.98. The van der Waals surface area contributed by atoms with Gasteiger partial charge in [0, 0.05) is 19.3 Å². The van der Waals surface area contributed by atoms with Gasteiger partial charge in [-0.2, -0.15) is 13.2 Å². The fourth-order valence-corrected chi connectivity index (χ4v) is 2.33. The highest BCUT2D eigenvalue weighted by Gasteiger charge is 2.30. The molecule has 2 aromatic rings. The van der Waals surface area contributed by atoms with Crippen molar-refractivity contribution < 1.29 is 22.0 Å². The van der Waals surface area contributed by atoms with E-state index < -0.39 is 21.7 Å². The summed E-state index contributed by atoms with van der Waals surface area (Å²) < 4.78 is 63.6. The quantitative estimate of drug-likeness (QED) is 0.322. The first-order valence-electron chi connectivity index (χ1n) is 7.13. The summed E-state index contributed by atoms with van der Waals surface area (Å²) in [7, 11) is -2.84. The van der Waals surface area contributed by atoms with Crippen LogP contribution in [0.2, 0.25) is 0 Å². The Hall–Kier alpha value is -2.67. The third kappa shape index (κ3) is 5.70. The van der Waals surface area contributed by atoms with Crippen LogP contribution in [0.1, 0.15) is 11.3 Å². The van der Waals surface area contributed by atoms with Gasteiger partial charge >= 0.3 is 6.18 Å². The molecule has 0 bridgehead atoms. The summed E-state index contributed by atoms with van der Waals surface area (Å²) in [4.78, 5) is 3.90. The molecular formula is C13H16F3N7O2S. The van der Waals surface area contributed by atoms with E-state index in [4.69, 9.17) is 10.5 Å². The summed E-state index contributed by atoms with van der Waals surface area (Å²) in [5.41, 5.74) is 4.94. The third-order valence-corrected chi connectivity index (χ3v) is 3.70. The van der Waals surface area contributed by atoms with E-state index in [9.17, 15) is 17.4 Å². The minimum atomic E-state index is -4.49. The highest BCUT2D eigenvalue weighted by molar-refractivity contribution is 7.89. The first kappa shape index (κ1) is 19.7. The van der Waals surface area contributed by atoms with Crippen molar-refractivity contribution in [3.05, 3.63) is 35.5 Å². The van der Waals surface area contributed by atoms with Gasteiger partial charge in [-0.25, -0.2) is 23.3 Å². The minimum Gasteiger partial charge on any atom is -0.382 e. The fourth-order valence-electron chi connectivity index (χ4n) is 1.84. The van der Waals surface area contributed by atoms with Crippen LogP contribution in [0, 0.1) is 4.78 Å². The first-order chi connectivity index (χ1) is 12.1. The Morgan fingerprint density at radius 2 is 2.12 bits per heavy atom. The van der Waals surface area contributed by atoms with Crippen molar-refractivity contribution in [3.63, 3.8) is 0 Å².